The highest BCUT2D eigenvalue weighted by Crippen LogP contribution is 2.26. The number of halogens is 1. The van der Waals surface area contributed by atoms with Crippen LogP contribution in [0.5, 0.6) is 0 Å². The topological polar surface area (TPSA) is 54.3 Å². The summed E-state index contributed by atoms with van der Waals surface area (Å²) in [7, 11) is 0. The number of benzene rings is 3. The van der Waals surface area contributed by atoms with Crippen molar-refractivity contribution in [1.82, 2.24) is 14.8 Å². The van der Waals surface area contributed by atoms with E-state index >= 15 is 0 Å². The minimum absolute atomic E-state index is 0.238. The van der Waals surface area contributed by atoms with Gasteiger partial charge in [0.25, 0.3) is 5.91 Å². The molecule has 2 heterocycles. The molecule has 1 aromatic heterocycles. The van der Waals surface area contributed by atoms with Gasteiger partial charge in [0.1, 0.15) is 5.70 Å². The molecule has 33 heavy (non-hydrogen) atoms. The van der Waals surface area contributed by atoms with Crippen LogP contribution in [-0.4, -0.2) is 21.4 Å². The second kappa shape index (κ2) is 8.60. The highest BCUT2D eigenvalue weighted by molar-refractivity contribution is 6.30. The fourth-order valence-corrected chi connectivity index (χ4v) is 4.30. The molecule has 0 saturated carbocycles. The molecule has 0 unspecified atom stereocenters. The van der Waals surface area contributed by atoms with Crippen LogP contribution in [-0.2, 0) is 17.9 Å². The van der Waals surface area contributed by atoms with Gasteiger partial charge in [-0.25, -0.2) is 4.79 Å². The second-order valence-corrected chi connectivity index (χ2v) is 8.66. The number of urea groups is 1. The zero-order valence-corrected chi connectivity index (χ0v) is 18.8. The molecule has 5 nitrogen and oxygen atoms in total. The molecule has 1 fully saturated rings. The van der Waals surface area contributed by atoms with E-state index in [1.165, 1.54) is 4.90 Å². The lowest BCUT2D eigenvalue weighted by molar-refractivity contribution is -0.123. The summed E-state index contributed by atoms with van der Waals surface area (Å²) in [5.74, 6) is -0.323. The summed E-state index contributed by atoms with van der Waals surface area (Å²) in [6.07, 6.45) is 3.77. The first-order valence-electron chi connectivity index (χ1n) is 10.7. The predicted molar refractivity (Wildman–Crippen MR) is 131 cm³/mol. The Hall–Kier alpha value is -3.83. The van der Waals surface area contributed by atoms with Crippen LogP contribution in [0.1, 0.15) is 22.3 Å². The predicted octanol–water partition coefficient (Wildman–Crippen LogP) is 5.74. The summed E-state index contributed by atoms with van der Waals surface area (Å²) in [6, 6.07) is 23.2. The summed E-state index contributed by atoms with van der Waals surface area (Å²) in [5, 5.41) is 4.45. The van der Waals surface area contributed by atoms with E-state index in [2.05, 4.69) is 9.88 Å². The average Bonchev–Trinajstić information content (AvgIpc) is 3.28. The van der Waals surface area contributed by atoms with Gasteiger partial charge in [-0.2, -0.15) is 0 Å². The van der Waals surface area contributed by atoms with Gasteiger partial charge in [-0.15, -0.1) is 0 Å². The zero-order valence-electron chi connectivity index (χ0n) is 18.1. The Balaban J connectivity index is 1.45. The number of hydrogen-bond donors (Lipinski definition) is 1. The maximum absolute atomic E-state index is 13.0. The fourth-order valence-electron chi connectivity index (χ4n) is 4.17. The fraction of sp³-hybridized carbons (Fsp3) is 0.111. The van der Waals surface area contributed by atoms with E-state index in [1.54, 1.807) is 6.08 Å². The van der Waals surface area contributed by atoms with Crippen molar-refractivity contribution >= 4 is 40.5 Å². The molecule has 1 aliphatic rings. The maximum atomic E-state index is 13.0. The number of para-hydroxylation sites is 1. The number of nitrogens with one attached hydrogen (secondary N) is 1. The van der Waals surface area contributed by atoms with E-state index in [0.717, 1.165) is 33.2 Å². The molecule has 0 atom stereocenters. The van der Waals surface area contributed by atoms with Gasteiger partial charge in [0, 0.05) is 34.2 Å². The summed E-state index contributed by atoms with van der Waals surface area (Å²) in [6.45, 7) is 2.89. The minimum atomic E-state index is -0.405. The SMILES string of the molecule is Cc1cccc(CN2C(=O)N/C(=C/c3cn(Cc4ccc(Cl)cc4)c4ccccc34)C2=O)c1. The lowest BCUT2D eigenvalue weighted by Gasteiger charge is -2.12. The van der Waals surface area contributed by atoms with Crippen molar-refractivity contribution in [3.8, 4) is 0 Å². The van der Waals surface area contributed by atoms with Gasteiger partial charge >= 0.3 is 6.03 Å². The van der Waals surface area contributed by atoms with Crippen LogP contribution >= 0.6 is 11.6 Å². The molecule has 1 N–H and O–H groups in total. The average molecular weight is 456 g/mol. The van der Waals surface area contributed by atoms with Gasteiger partial charge in [0.05, 0.1) is 6.54 Å². The molecular weight excluding hydrogens is 434 g/mol. The Kier molecular flexibility index (Phi) is 5.48. The first kappa shape index (κ1) is 21.0. The lowest BCUT2D eigenvalue weighted by atomic mass is 10.1. The monoisotopic (exact) mass is 455 g/mol. The number of carbonyl (C=O) groups excluding carboxylic acids is 2. The summed E-state index contributed by atoms with van der Waals surface area (Å²) in [4.78, 5) is 26.8. The van der Waals surface area contributed by atoms with Crippen LogP contribution in [0, 0.1) is 6.92 Å². The molecule has 4 aromatic rings. The number of hydrogen-bond acceptors (Lipinski definition) is 2. The minimum Gasteiger partial charge on any atom is -0.342 e. The number of aromatic nitrogens is 1. The quantitative estimate of drug-likeness (QED) is 0.308. The second-order valence-electron chi connectivity index (χ2n) is 8.22. The van der Waals surface area contributed by atoms with E-state index in [0.29, 0.717) is 11.6 Å². The van der Waals surface area contributed by atoms with Crippen molar-refractivity contribution in [1.29, 1.82) is 0 Å². The molecule has 3 aromatic carbocycles. The van der Waals surface area contributed by atoms with Crippen molar-refractivity contribution in [3.05, 3.63) is 112 Å². The number of amides is 3. The Bertz CT molecular complexity index is 1400. The molecule has 0 spiro atoms. The maximum Gasteiger partial charge on any atom is 0.329 e. The Morgan fingerprint density at radius 3 is 2.48 bits per heavy atom. The summed E-state index contributed by atoms with van der Waals surface area (Å²) >= 11 is 6.02. The molecule has 0 bridgehead atoms. The molecule has 0 aliphatic carbocycles. The number of fused-ring (bicyclic) bond motifs is 1. The van der Waals surface area contributed by atoms with Crippen LogP contribution in [0.2, 0.25) is 5.02 Å². The molecule has 1 saturated heterocycles. The van der Waals surface area contributed by atoms with Crippen molar-refractivity contribution in [3.63, 3.8) is 0 Å². The van der Waals surface area contributed by atoms with Crippen LogP contribution in [0.15, 0.2) is 84.7 Å². The molecule has 5 rings (SSSR count). The third kappa shape index (κ3) is 4.28. The first-order chi connectivity index (χ1) is 16.0. The molecular formula is C27H22ClN3O2. The van der Waals surface area contributed by atoms with Crippen molar-refractivity contribution in [2.45, 2.75) is 20.0 Å². The molecule has 0 radical (unpaired) electrons. The third-order valence-corrected chi connectivity index (χ3v) is 6.02. The normalized spacial score (nSPS) is 15.0. The van der Waals surface area contributed by atoms with Crippen LogP contribution in [0.25, 0.3) is 17.0 Å². The Morgan fingerprint density at radius 1 is 0.909 bits per heavy atom. The third-order valence-electron chi connectivity index (χ3n) is 5.77. The van der Waals surface area contributed by atoms with Crippen molar-refractivity contribution in [2.24, 2.45) is 0 Å². The van der Waals surface area contributed by atoms with Crippen LogP contribution < -0.4 is 5.32 Å². The van der Waals surface area contributed by atoms with Gasteiger partial charge in [0.2, 0.25) is 0 Å². The van der Waals surface area contributed by atoms with Crippen molar-refractivity contribution in [2.75, 3.05) is 0 Å². The summed E-state index contributed by atoms with van der Waals surface area (Å²) in [5.41, 5.74) is 5.33. The number of aryl methyl sites for hydroxylation is 1. The van der Waals surface area contributed by atoms with Gasteiger partial charge in [-0.1, -0.05) is 71.8 Å². The van der Waals surface area contributed by atoms with E-state index < -0.39 is 6.03 Å². The summed E-state index contributed by atoms with van der Waals surface area (Å²) < 4.78 is 2.14. The molecule has 1 aliphatic heterocycles. The first-order valence-corrected chi connectivity index (χ1v) is 11.1. The van der Waals surface area contributed by atoms with Gasteiger partial charge in [-0.3, -0.25) is 9.69 Å². The van der Waals surface area contributed by atoms with Gasteiger partial charge < -0.3 is 9.88 Å². The van der Waals surface area contributed by atoms with Crippen LogP contribution in [0.3, 0.4) is 0 Å². The highest BCUT2D eigenvalue weighted by atomic mass is 35.5. The Labute approximate surface area is 196 Å². The zero-order chi connectivity index (χ0) is 22.9. The number of carbonyl (C=O) groups is 2. The molecule has 3 amide bonds. The highest BCUT2D eigenvalue weighted by Gasteiger charge is 2.33. The lowest BCUT2D eigenvalue weighted by Crippen LogP contribution is -2.30. The van der Waals surface area contributed by atoms with Crippen molar-refractivity contribution < 1.29 is 9.59 Å². The number of nitrogens with zero attached hydrogens (tertiary/aromatic N) is 2. The van der Waals surface area contributed by atoms with E-state index in [-0.39, 0.29) is 18.1 Å². The largest absolute Gasteiger partial charge is 0.342 e. The van der Waals surface area contributed by atoms with E-state index in [4.69, 9.17) is 11.6 Å². The van der Waals surface area contributed by atoms with Gasteiger partial charge in [-0.05, 0) is 42.3 Å². The standard InChI is InChI=1S/C27H22ClN3O2/c1-18-5-4-6-20(13-18)16-31-26(32)24(29-27(31)33)14-21-17-30(25-8-3-2-7-23(21)25)15-19-9-11-22(28)12-10-19/h2-14,17H,15-16H2,1H3,(H,29,33)/b24-14+. The number of imide groups is 1. The molecule has 6 heteroatoms. The van der Waals surface area contributed by atoms with E-state index in [1.807, 2.05) is 85.9 Å². The smallest absolute Gasteiger partial charge is 0.329 e. The van der Waals surface area contributed by atoms with E-state index in [9.17, 15) is 9.59 Å². The van der Waals surface area contributed by atoms with Crippen LogP contribution in [0.4, 0.5) is 4.79 Å². The molecule has 164 valence electrons. The van der Waals surface area contributed by atoms with Gasteiger partial charge in [0.15, 0.2) is 0 Å². The Morgan fingerprint density at radius 2 is 1.70 bits per heavy atom. The number of rotatable bonds is 5.